The number of hydrogen-bond donors (Lipinski definition) is 2. The third kappa shape index (κ3) is 5.94. The highest BCUT2D eigenvalue weighted by atomic mass is 35.5. The SMILES string of the molecule is CC(C)CCNC(=O)C(C)Oc1ccc([C@H](C)O)cc1Cl. The van der Waals surface area contributed by atoms with Crippen LogP contribution in [0.5, 0.6) is 5.75 Å². The van der Waals surface area contributed by atoms with E-state index in [4.69, 9.17) is 16.3 Å². The predicted octanol–water partition coefficient (Wildman–Crippen LogP) is 3.32. The van der Waals surface area contributed by atoms with Crippen LogP contribution < -0.4 is 10.1 Å². The van der Waals surface area contributed by atoms with Gasteiger partial charge in [0.2, 0.25) is 0 Å². The summed E-state index contributed by atoms with van der Waals surface area (Å²) in [5, 5.41) is 12.7. The van der Waals surface area contributed by atoms with Gasteiger partial charge in [-0.15, -0.1) is 0 Å². The first-order valence-electron chi connectivity index (χ1n) is 7.23. The Labute approximate surface area is 131 Å². The van der Waals surface area contributed by atoms with E-state index < -0.39 is 12.2 Å². The van der Waals surface area contributed by atoms with Crippen LogP contribution in [0.25, 0.3) is 0 Å². The van der Waals surface area contributed by atoms with E-state index in [1.165, 1.54) is 0 Å². The van der Waals surface area contributed by atoms with Crippen LogP contribution in [0.4, 0.5) is 0 Å². The molecule has 0 aliphatic rings. The van der Waals surface area contributed by atoms with Gasteiger partial charge in [0.1, 0.15) is 5.75 Å². The summed E-state index contributed by atoms with van der Waals surface area (Å²) in [5.41, 5.74) is 0.710. The Bertz CT molecular complexity index is 475. The van der Waals surface area contributed by atoms with Gasteiger partial charge in [-0.05, 0) is 43.9 Å². The molecule has 0 aromatic heterocycles. The summed E-state index contributed by atoms with van der Waals surface area (Å²) in [7, 11) is 0. The molecule has 1 unspecified atom stereocenters. The van der Waals surface area contributed by atoms with Crippen LogP contribution in [0.2, 0.25) is 5.02 Å². The van der Waals surface area contributed by atoms with Crippen molar-refractivity contribution in [2.24, 2.45) is 5.92 Å². The second-order valence-electron chi connectivity index (χ2n) is 5.60. The van der Waals surface area contributed by atoms with Gasteiger partial charge >= 0.3 is 0 Å². The van der Waals surface area contributed by atoms with Gasteiger partial charge in [0.25, 0.3) is 5.91 Å². The van der Waals surface area contributed by atoms with Crippen LogP contribution in [0, 0.1) is 5.92 Å². The summed E-state index contributed by atoms with van der Waals surface area (Å²) in [6, 6.07) is 5.04. The van der Waals surface area contributed by atoms with Crippen molar-refractivity contribution in [1.82, 2.24) is 5.32 Å². The molecule has 2 atom stereocenters. The summed E-state index contributed by atoms with van der Waals surface area (Å²) in [5.74, 6) is 0.822. The van der Waals surface area contributed by atoms with Gasteiger partial charge in [-0.2, -0.15) is 0 Å². The third-order valence-corrected chi connectivity index (χ3v) is 3.43. The van der Waals surface area contributed by atoms with Crippen molar-refractivity contribution in [3.05, 3.63) is 28.8 Å². The molecule has 0 aliphatic carbocycles. The number of aliphatic hydroxyl groups is 1. The maximum absolute atomic E-state index is 11.9. The minimum Gasteiger partial charge on any atom is -0.479 e. The zero-order valence-electron chi connectivity index (χ0n) is 13.0. The summed E-state index contributed by atoms with van der Waals surface area (Å²) in [6.45, 7) is 8.20. The van der Waals surface area contributed by atoms with Gasteiger partial charge in [-0.25, -0.2) is 0 Å². The fourth-order valence-electron chi connectivity index (χ4n) is 1.74. The molecule has 0 spiro atoms. The second-order valence-corrected chi connectivity index (χ2v) is 6.01. The molecule has 4 nitrogen and oxygen atoms in total. The summed E-state index contributed by atoms with van der Waals surface area (Å²) in [6.07, 6.45) is -0.275. The largest absolute Gasteiger partial charge is 0.479 e. The lowest BCUT2D eigenvalue weighted by molar-refractivity contribution is -0.127. The highest BCUT2D eigenvalue weighted by molar-refractivity contribution is 6.32. The molecule has 0 bridgehead atoms. The first-order valence-corrected chi connectivity index (χ1v) is 7.61. The number of benzene rings is 1. The molecule has 0 radical (unpaired) electrons. The minimum atomic E-state index is -0.618. The van der Waals surface area contributed by atoms with E-state index in [0.717, 1.165) is 6.42 Å². The molecule has 21 heavy (non-hydrogen) atoms. The van der Waals surface area contributed by atoms with Crippen molar-refractivity contribution in [3.8, 4) is 5.75 Å². The monoisotopic (exact) mass is 313 g/mol. The Kier molecular flexibility index (Phi) is 6.99. The topological polar surface area (TPSA) is 58.6 Å². The molecule has 118 valence electrons. The zero-order chi connectivity index (χ0) is 16.0. The van der Waals surface area contributed by atoms with E-state index in [0.29, 0.717) is 28.8 Å². The number of aliphatic hydroxyl groups excluding tert-OH is 1. The smallest absolute Gasteiger partial charge is 0.260 e. The quantitative estimate of drug-likeness (QED) is 0.812. The van der Waals surface area contributed by atoms with Crippen LogP contribution in [-0.4, -0.2) is 23.7 Å². The van der Waals surface area contributed by atoms with Crippen LogP contribution >= 0.6 is 11.6 Å². The van der Waals surface area contributed by atoms with Crippen molar-refractivity contribution in [2.45, 2.75) is 46.3 Å². The summed E-state index contributed by atoms with van der Waals surface area (Å²) >= 11 is 6.10. The lowest BCUT2D eigenvalue weighted by Gasteiger charge is -2.17. The number of carbonyl (C=O) groups excluding carboxylic acids is 1. The molecule has 0 saturated carbocycles. The fourth-order valence-corrected chi connectivity index (χ4v) is 1.98. The van der Waals surface area contributed by atoms with Crippen LogP contribution in [0.3, 0.4) is 0 Å². The Morgan fingerprint density at radius 3 is 2.52 bits per heavy atom. The van der Waals surface area contributed by atoms with E-state index >= 15 is 0 Å². The van der Waals surface area contributed by atoms with Gasteiger partial charge < -0.3 is 15.2 Å². The number of amides is 1. The van der Waals surface area contributed by atoms with E-state index in [-0.39, 0.29) is 5.91 Å². The number of carbonyl (C=O) groups is 1. The maximum atomic E-state index is 11.9. The van der Waals surface area contributed by atoms with Crippen molar-refractivity contribution in [2.75, 3.05) is 6.54 Å². The van der Waals surface area contributed by atoms with Crippen LogP contribution in [0.15, 0.2) is 18.2 Å². The second kappa shape index (κ2) is 8.25. The molecule has 0 saturated heterocycles. The lowest BCUT2D eigenvalue weighted by Crippen LogP contribution is -2.37. The zero-order valence-corrected chi connectivity index (χ0v) is 13.8. The number of nitrogens with one attached hydrogen (secondary N) is 1. The molecular weight excluding hydrogens is 290 g/mol. The average molecular weight is 314 g/mol. The molecule has 1 rings (SSSR count). The van der Waals surface area contributed by atoms with Gasteiger partial charge in [0, 0.05) is 6.54 Å². The molecule has 2 N–H and O–H groups in total. The standard InChI is InChI=1S/C16H24ClNO3/c1-10(2)7-8-18-16(20)12(4)21-15-6-5-13(11(3)19)9-14(15)17/h5-6,9-12,19H,7-8H2,1-4H3,(H,18,20)/t11-,12?/m0/s1. The Morgan fingerprint density at radius 1 is 1.33 bits per heavy atom. The van der Waals surface area contributed by atoms with E-state index in [9.17, 15) is 9.90 Å². The van der Waals surface area contributed by atoms with Crippen molar-refractivity contribution in [3.63, 3.8) is 0 Å². The molecular formula is C16H24ClNO3. The van der Waals surface area contributed by atoms with Crippen LogP contribution in [0.1, 0.15) is 45.8 Å². The number of ether oxygens (including phenoxy) is 1. The van der Waals surface area contributed by atoms with Gasteiger partial charge in [0.15, 0.2) is 6.10 Å². The molecule has 5 heteroatoms. The lowest BCUT2D eigenvalue weighted by atomic mass is 10.1. The van der Waals surface area contributed by atoms with E-state index in [2.05, 4.69) is 19.2 Å². The van der Waals surface area contributed by atoms with Gasteiger partial charge in [-0.3, -0.25) is 4.79 Å². The van der Waals surface area contributed by atoms with E-state index in [1.807, 2.05) is 0 Å². The Morgan fingerprint density at radius 2 is 2.00 bits per heavy atom. The number of halogens is 1. The molecule has 1 aromatic carbocycles. The molecule has 0 fully saturated rings. The molecule has 0 heterocycles. The summed E-state index contributed by atoms with van der Waals surface area (Å²) < 4.78 is 5.57. The van der Waals surface area contributed by atoms with Crippen molar-refractivity contribution in [1.29, 1.82) is 0 Å². The number of hydrogen-bond acceptors (Lipinski definition) is 3. The van der Waals surface area contributed by atoms with Gasteiger partial charge in [0.05, 0.1) is 11.1 Å². The Hall–Kier alpha value is -1.26. The van der Waals surface area contributed by atoms with Crippen molar-refractivity contribution < 1.29 is 14.6 Å². The average Bonchev–Trinajstić information content (AvgIpc) is 2.40. The Balaban J connectivity index is 2.58. The van der Waals surface area contributed by atoms with E-state index in [1.54, 1.807) is 32.0 Å². The minimum absolute atomic E-state index is 0.161. The third-order valence-electron chi connectivity index (χ3n) is 3.13. The van der Waals surface area contributed by atoms with Crippen LogP contribution in [-0.2, 0) is 4.79 Å². The fraction of sp³-hybridized carbons (Fsp3) is 0.562. The first-order chi connectivity index (χ1) is 9.81. The highest BCUT2D eigenvalue weighted by Crippen LogP contribution is 2.28. The highest BCUT2D eigenvalue weighted by Gasteiger charge is 2.16. The van der Waals surface area contributed by atoms with Crippen molar-refractivity contribution >= 4 is 17.5 Å². The molecule has 1 aromatic rings. The summed E-state index contributed by atoms with van der Waals surface area (Å²) in [4.78, 5) is 11.9. The maximum Gasteiger partial charge on any atom is 0.260 e. The van der Waals surface area contributed by atoms with Gasteiger partial charge in [-0.1, -0.05) is 31.5 Å². The molecule has 0 aliphatic heterocycles. The molecule has 1 amide bonds. The predicted molar refractivity (Wildman–Crippen MR) is 84.6 cm³/mol. The normalized spacial score (nSPS) is 13.9. The number of rotatable bonds is 7. The first kappa shape index (κ1) is 17.8.